The highest BCUT2D eigenvalue weighted by molar-refractivity contribution is 7.18. The summed E-state index contributed by atoms with van der Waals surface area (Å²) in [7, 11) is 0. The van der Waals surface area contributed by atoms with Gasteiger partial charge in [-0.25, -0.2) is 4.98 Å². The number of nitrogens with two attached hydrogens (primary N) is 1. The van der Waals surface area contributed by atoms with Crippen LogP contribution in [0.15, 0.2) is 41.8 Å². The van der Waals surface area contributed by atoms with Gasteiger partial charge in [-0.05, 0) is 30.0 Å². The first-order valence-corrected chi connectivity index (χ1v) is 7.63. The van der Waals surface area contributed by atoms with Crippen LogP contribution in [0.2, 0.25) is 0 Å². The molecular weight excluding hydrogens is 260 g/mol. The van der Waals surface area contributed by atoms with Crippen molar-refractivity contribution in [2.45, 2.75) is 18.9 Å². The third-order valence-electron chi connectivity index (χ3n) is 2.82. The van der Waals surface area contributed by atoms with E-state index in [0.29, 0.717) is 0 Å². The van der Waals surface area contributed by atoms with Crippen molar-refractivity contribution in [1.82, 2.24) is 4.98 Å². The molecule has 3 rings (SSSR count). The molecule has 0 saturated carbocycles. The number of hydrogen-bond acceptors (Lipinski definition) is 4. The summed E-state index contributed by atoms with van der Waals surface area (Å²) in [6.45, 7) is 0. The summed E-state index contributed by atoms with van der Waals surface area (Å²) in [5, 5.41) is 3.24. The molecule has 4 heteroatoms. The number of fused-ring (bicyclic) bond motifs is 1. The van der Waals surface area contributed by atoms with Gasteiger partial charge in [0.2, 0.25) is 0 Å². The van der Waals surface area contributed by atoms with E-state index in [1.165, 1.54) is 9.58 Å². The van der Waals surface area contributed by atoms with Crippen LogP contribution in [0.5, 0.6) is 0 Å². The van der Waals surface area contributed by atoms with E-state index in [2.05, 4.69) is 40.7 Å². The second-order valence-electron chi connectivity index (χ2n) is 4.32. The van der Waals surface area contributed by atoms with Gasteiger partial charge in [0.25, 0.3) is 0 Å². The predicted octanol–water partition coefficient (Wildman–Crippen LogP) is 3.47. The average Bonchev–Trinajstić information content (AvgIpc) is 2.96. The zero-order chi connectivity index (χ0) is 12.4. The topological polar surface area (TPSA) is 38.9 Å². The van der Waals surface area contributed by atoms with E-state index < -0.39 is 0 Å². The fraction of sp³-hybridized carbons (Fsp3) is 0.214. The predicted molar refractivity (Wildman–Crippen MR) is 79.3 cm³/mol. The van der Waals surface area contributed by atoms with E-state index in [9.17, 15) is 0 Å². The molecule has 2 aromatic heterocycles. The molecule has 18 heavy (non-hydrogen) atoms. The van der Waals surface area contributed by atoms with Gasteiger partial charge in [0.15, 0.2) is 0 Å². The van der Waals surface area contributed by atoms with Crippen molar-refractivity contribution in [2.75, 3.05) is 0 Å². The van der Waals surface area contributed by atoms with Gasteiger partial charge in [0, 0.05) is 17.3 Å². The quantitative estimate of drug-likeness (QED) is 0.791. The SMILES string of the molecule is NC(Cc1cccs1)Cc1nc2ccccc2s1. The standard InChI is InChI=1S/C14H14N2S2/c15-10(8-11-4-3-7-17-11)9-14-16-12-5-1-2-6-13(12)18-14/h1-7,10H,8-9,15H2. The fourth-order valence-electron chi connectivity index (χ4n) is 1.99. The Morgan fingerprint density at radius 3 is 2.78 bits per heavy atom. The van der Waals surface area contributed by atoms with E-state index in [1.807, 2.05) is 6.07 Å². The van der Waals surface area contributed by atoms with Crippen molar-refractivity contribution in [3.8, 4) is 0 Å². The van der Waals surface area contributed by atoms with Gasteiger partial charge in [-0.2, -0.15) is 0 Å². The van der Waals surface area contributed by atoms with Crippen molar-refractivity contribution in [2.24, 2.45) is 5.73 Å². The Hall–Kier alpha value is -1.23. The van der Waals surface area contributed by atoms with Gasteiger partial charge in [0.1, 0.15) is 0 Å². The molecule has 3 aromatic rings. The molecule has 2 heterocycles. The molecule has 1 aromatic carbocycles. The summed E-state index contributed by atoms with van der Waals surface area (Å²) in [6, 6.07) is 12.6. The summed E-state index contributed by atoms with van der Waals surface area (Å²) in [6.07, 6.45) is 1.80. The highest BCUT2D eigenvalue weighted by Gasteiger charge is 2.10. The number of thiazole rings is 1. The maximum Gasteiger partial charge on any atom is 0.0954 e. The molecule has 0 aliphatic rings. The van der Waals surface area contributed by atoms with Crippen LogP contribution in [-0.4, -0.2) is 11.0 Å². The Morgan fingerprint density at radius 1 is 1.11 bits per heavy atom. The minimum absolute atomic E-state index is 0.157. The second-order valence-corrected chi connectivity index (χ2v) is 6.47. The van der Waals surface area contributed by atoms with Crippen LogP contribution >= 0.6 is 22.7 Å². The maximum atomic E-state index is 6.19. The van der Waals surface area contributed by atoms with Gasteiger partial charge in [-0.3, -0.25) is 0 Å². The van der Waals surface area contributed by atoms with E-state index in [-0.39, 0.29) is 6.04 Å². The lowest BCUT2D eigenvalue weighted by molar-refractivity contribution is 0.669. The number of thiophene rings is 1. The zero-order valence-electron chi connectivity index (χ0n) is 9.87. The van der Waals surface area contributed by atoms with Crippen LogP contribution in [0.25, 0.3) is 10.2 Å². The van der Waals surface area contributed by atoms with Gasteiger partial charge in [-0.15, -0.1) is 22.7 Å². The van der Waals surface area contributed by atoms with Crippen LogP contribution in [0, 0.1) is 0 Å². The van der Waals surface area contributed by atoms with E-state index in [1.54, 1.807) is 22.7 Å². The first-order valence-electron chi connectivity index (χ1n) is 5.93. The minimum atomic E-state index is 0.157. The van der Waals surface area contributed by atoms with E-state index in [4.69, 9.17) is 5.73 Å². The van der Waals surface area contributed by atoms with Crippen molar-refractivity contribution in [1.29, 1.82) is 0 Å². The number of nitrogens with zero attached hydrogens (tertiary/aromatic N) is 1. The molecule has 0 bridgehead atoms. The third kappa shape index (κ3) is 2.61. The third-order valence-corrected chi connectivity index (χ3v) is 4.78. The first-order chi connectivity index (χ1) is 8.81. The number of rotatable bonds is 4. The second kappa shape index (κ2) is 5.18. The summed E-state index contributed by atoms with van der Waals surface area (Å²) >= 11 is 3.52. The number of hydrogen-bond donors (Lipinski definition) is 1. The molecule has 1 atom stereocenters. The van der Waals surface area contributed by atoms with Gasteiger partial charge in [0.05, 0.1) is 15.2 Å². The van der Waals surface area contributed by atoms with E-state index in [0.717, 1.165) is 23.4 Å². The lowest BCUT2D eigenvalue weighted by Crippen LogP contribution is -2.24. The summed E-state index contributed by atoms with van der Waals surface area (Å²) in [4.78, 5) is 5.97. The average molecular weight is 274 g/mol. The van der Waals surface area contributed by atoms with Crippen LogP contribution in [0.4, 0.5) is 0 Å². The Kier molecular flexibility index (Phi) is 3.41. The Bertz CT molecular complexity index is 595. The van der Waals surface area contributed by atoms with Gasteiger partial charge >= 0.3 is 0 Å². The normalized spacial score (nSPS) is 12.9. The summed E-state index contributed by atoms with van der Waals surface area (Å²) in [5.74, 6) is 0. The molecular formula is C14H14N2S2. The first kappa shape index (κ1) is 11.8. The fourth-order valence-corrected chi connectivity index (χ4v) is 3.85. The number of para-hydroxylation sites is 1. The molecule has 0 aliphatic heterocycles. The van der Waals surface area contributed by atoms with Crippen LogP contribution in [-0.2, 0) is 12.8 Å². The number of benzene rings is 1. The van der Waals surface area contributed by atoms with Crippen LogP contribution < -0.4 is 5.73 Å². The highest BCUT2D eigenvalue weighted by atomic mass is 32.1. The monoisotopic (exact) mass is 274 g/mol. The molecule has 2 N–H and O–H groups in total. The molecule has 0 fully saturated rings. The molecule has 2 nitrogen and oxygen atoms in total. The van der Waals surface area contributed by atoms with Crippen molar-refractivity contribution in [3.63, 3.8) is 0 Å². The molecule has 92 valence electrons. The van der Waals surface area contributed by atoms with Gasteiger partial charge < -0.3 is 5.73 Å². The zero-order valence-corrected chi connectivity index (χ0v) is 11.5. The van der Waals surface area contributed by atoms with E-state index >= 15 is 0 Å². The molecule has 0 aliphatic carbocycles. The molecule has 0 saturated heterocycles. The lowest BCUT2D eigenvalue weighted by atomic mass is 10.1. The van der Waals surface area contributed by atoms with Crippen LogP contribution in [0.3, 0.4) is 0 Å². The molecule has 1 unspecified atom stereocenters. The summed E-state index contributed by atoms with van der Waals surface area (Å²) in [5.41, 5.74) is 7.28. The molecule has 0 spiro atoms. The smallest absolute Gasteiger partial charge is 0.0954 e. The largest absolute Gasteiger partial charge is 0.327 e. The summed E-state index contributed by atoms with van der Waals surface area (Å²) < 4.78 is 1.25. The highest BCUT2D eigenvalue weighted by Crippen LogP contribution is 2.23. The Balaban J connectivity index is 1.71. The van der Waals surface area contributed by atoms with Crippen molar-refractivity contribution in [3.05, 3.63) is 51.7 Å². The maximum absolute atomic E-state index is 6.19. The Labute approximate surface area is 114 Å². The molecule has 0 amide bonds. The van der Waals surface area contributed by atoms with Gasteiger partial charge in [-0.1, -0.05) is 18.2 Å². The van der Waals surface area contributed by atoms with Crippen LogP contribution in [0.1, 0.15) is 9.88 Å². The number of aromatic nitrogens is 1. The Morgan fingerprint density at radius 2 is 2.00 bits per heavy atom. The molecule has 0 radical (unpaired) electrons. The van der Waals surface area contributed by atoms with Crippen molar-refractivity contribution >= 4 is 32.9 Å². The lowest BCUT2D eigenvalue weighted by Gasteiger charge is -2.07. The van der Waals surface area contributed by atoms with Crippen molar-refractivity contribution < 1.29 is 0 Å². The minimum Gasteiger partial charge on any atom is -0.327 e.